The first-order valence-electron chi connectivity index (χ1n) is 8.90. The van der Waals surface area contributed by atoms with Crippen LogP contribution in [-0.2, 0) is 0 Å². The number of urea groups is 1. The predicted molar refractivity (Wildman–Crippen MR) is 99.0 cm³/mol. The lowest BCUT2D eigenvalue weighted by Crippen LogP contribution is -2.40. The first-order valence-corrected chi connectivity index (χ1v) is 8.90. The van der Waals surface area contributed by atoms with Gasteiger partial charge in [0.2, 0.25) is 11.7 Å². The van der Waals surface area contributed by atoms with E-state index in [0.717, 1.165) is 18.4 Å². The fourth-order valence-electron chi connectivity index (χ4n) is 3.15. The van der Waals surface area contributed by atoms with Crippen molar-refractivity contribution in [2.45, 2.75) is 18.8 Å². The SMILES string of the molecule is N#Cc1ccccc1NC(=O)N1CCC(c2nc(-c3ccnnc3)no2)CC1. The number of para-hydroxylation sites is 1. The molecule has 0 bridgehead atoms. The highest BCUT2D eigenvalue weighted by molar-refractivity contribution is 5.90. The Labute approximate surface area is 161 Å². The van der Waals surface area contributed by atoms with Gasteiger partial charge in [-0.05, 0) is 31.0 Å². The Morgan fingerprint density at radius 1 is 1.21 bits per heavy atom. The molecular formula is C19H17N7O2. The molecular weight excluding hydrogens is 358 g/mol. The van der Waals surface area contributed by atoms with Gasteiger partial charge in [0.05, 0.1) is 23.6 Å². The van der Waals surface area contributed by atoms with Gasteiger partial charge in [0, 0.05) is 24.6 Å². The second-order valence-electron chi connectivity index (χ2n) is 6.44. The number of hydrogen-bond acceptors (Lipinski definition) is 7. The molecule has 4 rings (SSSR count). The van der Waals surface area contributed by atoms with E-state index in [-0.39, 0.29) is 11.9 Å². The van der Waals surface area contributed by atoms with Crippen LogP contribution >= 0.6 is 0 Å². The predicted octanol–water partition coefficient (Wildman–Crippen LogP) is 2.81. The van der Waals surface area contributed by atoms with E-state index in [2.05, 4.69) is 31.7 Å². The minimum Gasteiger partial charge on any atom is -0.339 e. The van der Waals surface area contributed by atoms with E-state index in [4.69, 9.17) is 9.78 Å². The monoisotopic (exact) mass is 375 g/mol. The van der Waals surface area contributed by atoms with Crippen LogP contribution < -0.4 is 5.32 Å². The number of carbonyl (C=O) groups is 1. The summed E-state index contributed by atoms with van der Waals surface area (Å²) >= 11 is 0. The zero-order valence-electron chi connectivity index (χ0n) is 14.9. The molecule has 1 fully saturated rings. The van der Waals surface area contributed by atoms with Crippen LogP contribution in [0.1, 0.15) is 30.2 Å². The average Bonchev–Trinajstić information content (AvgIpc) is 3.25. The van der Waals surface area contributed by atoms with Gasteiger partial charge in [-0.2, -0.15) is 20.4 Å². The quantitative estimate of drug-likeness (QED) is 0.747. The topological polar surface area (TPSA) is 121 Å². The third-order valence-corrected chi connectivity index (χ3v) is 4.70. The van der Waals surface area contributed by atoms with Crippen LogP contribution in [0, 0.1) is 11.3 Å². The molecule has 2 aromatic heterocycles. The zero-order valence-corrected chi connectivity index (χ0v) is 14.9. The van der Waals surface area contributed by atoms with Gasteiger partial charge >= 0.3 is 6.03 Å². The summed E-state index contributed by atoms with van der Waals surface area (Å²) in [6.07, 6.45) is 4.61. The molecule has 0 spiro atoms. The Kier molecular flexibility index (Phi) is 4.93. The van der Waals surface area contributed by atoms with Crippen molar-refractivity contribution in [3.63, 3.8) is 0 Å². The van der Waals surface area contributed by atoms with Crippen LogP contribution in [0.3, 0.4) is 0 Å². The number of piperidine rings is 1. The van der Waals surface area contributed by atoms with E-state index in [1.807, 2.05) is 0 Å². The van der Waals surface area contributed by atoms with Crippen LogP contribution in [0.15, 0.2) is 47.2 Å². The van der Waals surface area contributed by atoms with E-state index >= 15 is 0 Å². The number of anilines is 1. The van der Waals surface area contributed by atoms with Gasteiger partial charge in [-0.25, -0.2) is 4.79 Å². The zero-order chi connectivity index (χ0) is 19.3. The minimum absolute atomic E-state index is 0.103. The van der Waals surface area contributed by atoms with Crippen molar-refractivity contribution >= 4 is 11.7 Å². The average molecular weight is 375 g/mol. The molecule has 0 saturated carbocycles. The van der Waals surface area contributed by atoms with Gasteiger partial charge < -0.3 is 14.7 Å². The van der Waals surface area contributed by atoms with Crippen LogP contribution in [-0.4, -0.2) is 44.4 Å². The van der Waals surface area contributed by atoms with Gasteiger partial charge in [0.15, 0.2) is 0 Å². The van der Waals surface area contributed by atoms with Crippen molar-refractivity contribution in [2.75, 3.05) is 18.4 Å². The molecule has 9 nitrogen and oxygen atoms in total. The lowest BCUT2D eigenvalue weighted by molar-refractivity contribution is 0.187. The number of amides is 2. The molecule has 2 amide bonds. The van der Waals surface area contributed by atoms with Crippen LogP contribution in [0.4, 0.5) is 10.5 Å². The standard InChI is InChI=1S/C19H17N7O2/c20-11-14-3-1-2-4-16(14)23-19(27)26-9-6-13(7-10-26)18-24-17(25-28-18)15-5-8-21-22-12-15/h1-5,8,12-13H,6-7,9-10H2,(H,23,27). The summed E-state index contributed by atoms with van der Waals surface area (Å²) in [5.74, 6) is 1.16. The summed E-state index contributed by atoms with van der Waals surface area (Å²) in [4.78, 5) is 18.7. The van der Waals surface area contributed by atoms with E-state index in [9.17, 15) is 4.79 Å². The molecule has 1 saturated heterocycles. The molecule has 1 aliphatic rings. The summed E-state index contributed by atoms with van der Waals surface area (Å²) in [5, 5.41) is 23.5. The minimum atomic E-state index is -0.213. The largest absolute Gasteiger partial charge is 0.339 e. The van der Waals surface area contributed by atoms with Gasteiger partial charge in [0.25, 0.3) is 0 Å². The van der Waals surface area contributed by atoms with Crippen LogP contribution in [0.25, 0.3) is 11.4 Å². The first kappa shape index (κ1) is 17.6. The van der Waals surface area contributed by atoms with Crippen molar-refractivity contribution in [2.24, 2.45) is 0 Å². The second kappa shape index (κ2) is 7.84. The fraction of sp³-hybridized carbons (Fsp3) is 0.263. The van der Waals surface area contributed by atoms with Gasteiger partial charge in [-0.15, -0.1) is 0 Å². The number of nitrogens with zero attached hydrogens (tertiary/aromatic N) is 6. The lowest BCUT2D eigenvalue weighted by atomic mass is 9.97. The molecule has 3 aromatic rings. The number of nitriles is 1. The summed E-state index contributed by atoms with van der Waals surface area (Å²) in [6, 6.07) is 10.6. The molecule has 9 heteroatoms. The van der Waals surface area contributed by atoms with Crippen LogP contribution in [0.5, 0.6) is 0 Å². The molecule has 1 aliphatic heterocycles. The Hall–Kier alpha value is -3.80. The van der Waals surface area contributed by atoms with Gasteiger partial charge in [-0.1, -0.05) is 17.3 Å². The van der Waals surface area contributed by atoms with Crippen LogP contribution in [0.2, 0.25) is 0 Å². The number of likely N-dealkylation sites (tertiary alicyclic amines) is 1. The first-order chi connectivity index (χ1) is 13.7. The molecule has 0 atom stereocenters. The van der Waals surface area contributed by atoms with Crippen molar-refractivity contribution in [1.29, 1.82) is 5.26 Å². The Morgan fingerprint density at radius 2 is 2.04 bits per heavy atom. The molecule has 0 aliphatic carbocycles. The molecule has 0 unspecified atom stereocenters. The molecule has 28 heavy (non-hydrogen) atoms. The van der Waals surface area contributed by atoms with Crippen molar-refractivity contribution in [1.82, 2.24) is 25.2 Å². The second-order valence-corrected chi connectivity index (χ2v) is 6.44. The molecule has 0 radical (unpaired) electrons. The normalized spacial score (nSPS) is 14.5. The maximum absolute atomic E-state index is 12.5. The molecule has 140 valence electrons. The lowest BCUT2D eigenvalue weighted by Gasteiger charge is -2.30. The summed E-state index contributed by atoms with van der Waals surface area (Å²) in [5.41, 5.74) is 1.71. The van der Waals surface area contributed by atoms with Crippen molar-refractivity contribution in [3.8, 4) is 17.5 Å². The number of benzene rings is 1. The maximum atomic E-state index is 12.5. The van der Waals surface area contributed by atoms with Crippen molar-refractivity contribution < 1.29 is 9.32 Å². The summed E-state index contributed by atoms with van der Waals surface area (Å²) in [7, 11) is 0. The van der Waals surface area contributed by atoms with Crippen molar-refractivity contribution in [3.05, 3.63) is 54.2 Å². The number of rotatable bonds is 3. The summed E-state index contributed by atoms with van der Waals surface area (Å²) in [6.45, 7) is 1.14. The highest BCUT2D eigenvalue weighted by Gasteiger charge is 2.28. The van der Waals surface area contributed by atoms with E-state index in [0.29, 0.717) is 36.1 Å². The Morgan fingerprint density at radius 3 is 2.79 bits per heavy atom. The number of carbonyl (C=O) groups excluding carboxylic acids is 1. The molecule has 1 N–H and O–H groups in total. The molecule has 1 aromatic carbocycles. The highest BCUT2D eigenvalue weighted by Crippen LogP contribution is 2.28. The maximum Gasteiger partial charge on any atom is 0.321 e. The third-order valence-electron chi connectivity index (χ3n) is 4.70. The van der Waals surface area contributed by atoms with E-state index < -0.39 is 0 Å². The van der Waals surface area contributed by atoms with Gasteiger partial charge in [0.1, 0.15) is 6.07 Å². The number of aromatic nitrogens is 4. The molecule has 3 heterocycles. The number of nitrogens with one attached hydrogen (secondary N) is 1. The van der Waals surface area contributed by atoms with E-state index in [1.54, 1.807) is 47.6 Å². The third kappa shape index (κ3) is 3.66. The Balaban J connectivity index is 1.36. The fourth-order valence-corrected chi connectivity index (χ4v) is 3.15. The smallest absolute Gasteiger partial charge is 0.321 e. The number of hydrogen-bond donors (Lipinski definition) is 1. The van der Waals surface area contributed by atoms with E-state index in [1.165, 1.54) is 0 Å². The Bertz CT molecular complexity index is 1000. The summed E-state index contributed by atoms with van der Waals surface area (Å²) < 4.78 is 5.42. The van der Waals surface area contributed by atoms with Gasteiger partial charge in [-0.3, -0.25) is 0 Å². The highest BCUT2D eigenvalue weighted by atomic mass is 16.5.